The number of rotatable bonds is 5. The molecule has 7 heteroatoms. The average Bonchev–Trinajstić information content (AvgIpc) is 3.28. The molecule has 1 aliphatic rings. The van der Waals surface area contributed by atoms with E-state index in [1.165, 1.54) is 0 Å². The monoisotopic (exact) mass is 471 g/mol. The normalized spacial score (nSPS) is 13.9. The number of aromatic nitrogens is 2. The van der Waals surface area contributed by atoms with Gasteiger partial charge in [-0.05, 0) is 55.7 Å². The van der Waals surface area contributed by atoms with Gasteiger partial charge in [0, 0.05) is 35.4 Å². The van der Waals surface area contributed by atoms with Crippen molar-refractivity contribution in [3.8, 4) is 0 Å². The van der Waals surface area contributed by atoms with Crippen LogP contribution in [0.15, 0.2) is 56.9 Å². The fourth-order valence-electron chi connectivity index (χ4n) is 3.56. The van der Waals surface area contributed by atoms with Crippen molar-refractivity contribution in [2.45, 2.75) is 37.2 Å². The molecule has 0 atom stereocenters. The van der Waals surface area contributed by atoms with Crippen LogP contribution >= 0.6 is 27.7 Å². The Morgan fingerprint density at radius 3 is 2.55 bits per heavy atom. The van der Waals surface area contributed by atoms with Crippen LogP contribution in [0.5, 0.6) is 0 Å². The molecule has 29 heavy (non-hydrogen) atoms. The van der Waals surface area contributed by atoms with Gasteiger partial charge in [0.2, 0.25) is 0 Å². The zero-order valence-electron chi connectivity index (χ0n) is 16.2. The number of fused-ring (bicyclic) bond motifs is 1. The second kappa shape index (κ2) is 8.71. The van der Waals surface area contributed by atoms with Crippen LogP contribution in [0.4, 0.5) is 0 Å². The lowest BCUT2D eigenvalue weighted by Gasteiger charge is -2.15. The summed E-state index contributed by atoms with van der Waals surface area (Å²) >= 11 is 4.96. The maximum absolute atomic E-state index is 12.8. The van der Waals surface area contributed by atoms with E-state index >= 15 is 0 Å². The molecule has 150 valence electrons. The van der Waals surface area contributed by atoms with Crippen molar-refractivity contribution >= 4 is 44.5 Å². The highest BCUT2D eigenvalue weighted by Crippen LogP contribution is 2.24. The van der Waals surface area contributed by atoms with Gasteiger partial charge in [0.05, 0.1) is 10.9 Å². The van der Waals surface area contributed by atoms with E-state index in [9.17, 15) is 9.59 Å². The lowest BCUT2D eigenvalue weighted by atomic mass is 10.1. The Labute approximate surface area is 182 Å². The third kappa shape index (κ3) is 4.26. The number of nitrogens with zero attached hydrogens (tertiary/aromatic N) is 3. The number of amides is 1. The second-order valence-electron chi connectivity index (χ2n) is 7.09. The third-order valence-corrected chi connectivity index (χ3v) is 6.70. The van der Waals surface area contributed by atoms with Crippen molar-refractivity contribution in [1.82, 2.24) is 14.5 Å². The molecule has 0 aliphatic carbocycles. The van der Waals surface area contributed by atoms with E-state index in [1.807, 2.05) is 54.3 Å². The Hall–Kier alpha value is -2.12. The highest BCUT2D eigenvalue weighted by molar-refractivity contribution is 9.10. The molecule has 0 unspecified atom stereocenters. The quantitative estimate of drug-likeness (QED) is 0.399. The lowest BCUT2D eigenvalue weighted by molar-refractivity contribution is 0.0793. The van der Waals surface area contributed by atoms with Crippen molar-refractivity contribution in [3.05, 3.63) is 68.4 Å². The second-order valence-corrected chi connectivity index (χ2v) is 8.95. The molecule has 3 aromatic rings. The molecule has 0 bridgehead atoms. The summed E-state index contributed by atoms with van der Waals surface area (Å²) < 4.78 is 2.58. The smallest absolute Gasteiger partial charge is 0.262 e. The summed E-state index contributed by atoms with van der Waals surface area (Å²) in [4.78, 5) is 31.9. The molecule has 1 fully saturated rings. The molecule has 0 saturated carbocycles. The van der Waals surface area contributed by atoms with Gasteiger partial charge in [-0.25, -0.2) is 4.98 Å². The molecule has 0 N–H and O–H groups in total. The number of hydrogen-bond donors (Lipinski definition) is 0. The number of carbonyl (C=O) groups excluding carboxylic acids is 1. The Balaban J connectivity index is 1.52. The van der Waals surface area contributed by atoms with Gasteiger partial charge in [0.15, 0.2) is 5.16 Å². The highest BCUT2D eigenvalue weighted by Gasteiger charge is 2.19. The van der Waals surface area contributed by atoms with Gasteiger partial charge in [-0.1, -0.05) is 39.8 Å². The standard InChI is InChI=1S/C22H22BrN3O2S/c1-2-26-21(28)18-13-17(23)9-10-19(18)24-22(26)29-14-15-5-7-16(8-6-15)20(27)25-11-3-4-12-25/h5-10,13H,2-4,11-12,14H2,1H3. The predicted molar refractivity (Wildman–Crippen MR) is 121 cm³/mol. The summed E-state index contributed by atoms with van der Waals surface area (Å²) in [5, 5.41) is 1.33. The van der Waals surface area contributed by atoms with E-state index in [4.69, 9.17) is 4.98 Å². The van der Waals surface area contributed by atoms with Gasteiger partial charge in [0.25, 0.3) is 11.5 Å². The van der Waals surface area contributed by atoms with Crippen molar-refractivity contribution < 1.29 is 4.79 Å². The zero-order chi connectivity index (χ0) is 20.4. The Morgan fingerprint density at radius 2 is 1.86 bits per heavy atom. The van der Waals surface area contributed by atoms with Crippen LogP contribution in [-0.2, 0) is 12.3 Å². The van der Waals surface area contributed by atoms with Crippen molar-refractivity contribution in [3.63, 3.8) is 0 Å². The molecule has 4 rings (SSSR count). The van der Waals surface area contributed by atoms with Gasteiger partial charge in [0.1, 0.15) is 0 Å². The van der Waals surface area contributed by atoms with Crippen LogP contribution in [0.1, 0.15) is 35.7 Å². The summed E-state index contributed by atoms with van der Waals surface area (Å²) in [6.07, 6.45) is 2.19. The minimum Gasteiger partial charge on any atom is -0.339 e. The van der Waals surface area contributed by atoms with Gasteiger partial charge in [-0.2, -0.15) is 0 Å². The van der Waals surface area contributed by atoms with Crippen LogP contribution in [0.2, 0.25) is 0 Å². The predicted octanol–water partition coefficient (Wildman–Crippen LogP) is 4.71. The minimum atomic E-state index is -0.0205. The highest BCUT2D eigenvalue weighted by atomic mass is 79.9. The van der Waals surface area contributed by atoms with E-state index in [0.29, 0.717) is 28.4 Å². The molecule has 5 nitrogen and oxygen atoms in total. The number of benzene rings is 2. The van der Waals surface area contributed by atoms with Crippen LogP contribution in [0.25, 0.3) is 10.9 Å². The molecule has 1 aliphatic heterocycles. The van der Waals surface area contributed by atoms with E-state index in [0.717, 1.165) is 41.5 Å². The number of thioether (sulfide) groups is 1. The zero-order valence-corrected chi connectivity index (χ0v) is 18.6. The van der Waals surface area contributed by atoms with E-state index in [1.54, 1.807) is 16.3 Å². The SMILES string of the molecule is CCn1c(SCc2ccc(C(=O)N3CCCC3)cc2)nc2ccc(Br)cc2c1=O. The summed E-state index contributed by atoms with van der Waals surface area (Å²) in [7, 11) is 0. The maximum atomic E-state index is 12.8. The van der Waals surface area contributed by atoms with Crippen LogP contribution < -0.4 is 5.56 Å². The first-order valence-corrected chi connectivity index (χ1v) is 11.6. The van der Waals surface area contributed by atoms with E-state index in [2.05, 4.69) is 15.9 Å². The fraction of sp³-hybridized carbons (Fsp3) is 0.318. The molecule has 2 aromatic carbocycles. The first-order chi connectivity index (χ1) is 14.1. The fourth-order valence-corrected chi connectivity index (χ4v) is 4.94. The van der Waals surface area contributed by atoms with Crippen molar-refractivity contribution in [1.29, 1.82) is 0 Å². The molecule has 1 aromatic heterocycles. The van der Waals surface area contributed by atoms with Gasteiger partial charge < -0.3 is 4.90 Å². The summed E-state index contributed by atoms with van der Waals surface area (Å²) in [5.74, 6) is 0.802. The minimum absolute atomic E-state index is 0.0205. The van der Waals surface area contributed by atoms with Gasteiger partial charge >= 0.3 is 0 Å². The maximum Gasteiger partial charge on any atom is 0.262 e. The molecule has 1 saturated heterocycles. The van der Waals surface area contributed by atoms with Gasteiger partial charge in [-0.3, -0.25) is 14.2 Å². The summed E-state index contributed by atoms with van der Waals surface area (Å²) in [5.41, 5.74) is 2.52. The number of halogens is 1. The molecule has 1 amide bonds. The first kappa shape index (κ1) is 20.2. The Kier molecular flexibility index (Phi) is 6.06. The summed E-state index contributed by atoms with van der Waals surface area (Å²) in [6.45, 7) is 4.24. The molecule has 0 radical (unpaired) electrons. The summed E-state index contributed by atoms with van der Waals surface area (Å²) in [6, 6.07) is 13.4. The molecule has 0 spiro atoms. The lowest BCUT2D eigenvalue weighted by Crippen LogP contribution is -2.27. The molecular formula is C22H22BrN3O2S. The topological polar surface area (TPSA) is 55.2 Å². The first-order valence-electron chi connectivity index (χ1n) is 9.78. The Morgan fingerprint density at radius 1 is 1.14 bits per heavy atom. The Bertz CT molecular complexity index is 1110. The third-order valence-electron chi connectivity index (χ3n) is 5.16. The van der Waals surface area contributed by atoms with Crippen LogP contribution in [0.3, 0.4) is 0 Å². The van der Waals surface area contributed by atoms with Crippen molar-refractivity contribution in [2.24, 2.45) is 0 Å². The van der Waals surface area contributed by atoms with Crippen LogP contribution in [0, 0.1) is 0 Å². The average molecular weight is 472 g/mol. The van der Waals surface area contributed by atoms with E-state index in [-0.39, 0.29) is 11.5 Å². The van der Waals surface area contributed by atoms with Gasteiger partial charge in [-0.15, -0.1) is 0 Å². The van der Waals surface area contributed by atoms with Crippen molar-refractivity contribution in [2.75, 3.05) is 13.1 Å². The largest absolute Gasteiger partial charge is 0.339 e. The number of likely N-dealkylation sites (tertiary alicyclic amines) is 1. The van der Waals surface area contributed by atoms with E-state index < -0.39 is 0 Å². The molecular weight excluding hydrogens is 450 g/mol. The molecule has 2 heterocycles. The number of carbonyl (C=O) groups is 1. The van der Waals surface area contributed by atoms with Crippen LogP contribution in [-0.4, -0.2) is 33.4 Å². The number of hydrogen-bond acceptors (Lipinski definition) is 4.